The molecule has 182 valence electrons. The van der Waals surface area contributed by atoms with Gasteiger partial charge in [0.05, 0.1) is 5.92 Å². The topological polar surface area (TPSA) is 95.9 Å². The Balaban J connectivity index is 1.15. The van der Waals surface area contributed by atoms with Crippen LogP contribution in [0.15, 0.2) is 48.5 Å². The predicted molar refractivity (Wildman–Crippen MR) is 129 cm³/mol. The number of likely N-dealkylation sites (tertiary alicyclic amines) is 1. The van der Waals surface area contributed by atoms with E-state index in [1.807, 2.05) is 24.3 Å². The minimum atomic E-state index is -0.944. The fraction of sp³-hybridized carbons (Fsp3) is 0.464. The van der Waals surface area contributed by atoms with Gasteiger partial charge in [0.1, 0.15) is 12.6 Å². The summed E-state index contributed by atoms with van der Waals surface area (Å²) in [6.45, 7) is 0.702. The zero-order valence-corrected chi connectivity index (χ0v) is 19.6. The van der Waals surface area contributed by atoms with Gasteiger partial charge in [-0.1, -0.05) is 48.5 Å². The van der Waals surface area contributed by atoms with E-state index in [1.165, 1.54) is 16.0 Å². The number of nitrogens with zero attached hydrogens (tertiary/aromatic N) is 1. The van der Waals surface area contributed by atoms with Gasteiger partial charge >= 0.3 is 12.1 Å². The Kier molecular flexibility index (Phi) is 5.50. The van der Waals surface area contributed by atoms with E-state index in [4.69, 9.17) is 4.74 Å². The molecule has 0 radical (unpaired) electrons. The number of hydrogen-bond acceptors (Lipinski definition) is 4. The molecule has 35 heavy (non-hydrogen) atoms. The molecular weight excluding hydrogens is 444 g/mol. The number of benzene rings is 2. The first-order valence-electron chi connectivity index (χ1n) is 12.7. The van der Waals surface area contributed by atoms with Crippen LogP contribution in [0.5, 0.6) is 0 Å². The maximum Gasteiger partial charge on any atom is 0.407 e. The van der Waals surface area contributed by atoms with Gasteiger partial charge in [-0.25, -0.2) is 9.59 Å². The molecule has 7 heteroatoms. The number of carboxylic acids is 1. The van der Waals surface area contributed by atoms with E-state index in [0.717, 1.165) is 30.4 Å². The van der Waals surface area contributed by atoms with Crippen LogP contribution >= 0.6 is 0 Å². The number of carbonyl (C=O) groups is 3. The maximum absolute atomic E-state index is 13.5. The molecule has 5 atom stereocenters. The Bertz CT molecular complexity index is 1130. The van der Waals surface area contributed by atoms with Crippen LogP contribution in [0.1, 0.15) is 49.1 Å². The summed E-state index contributed by atoms with van der Waals surface area (Å²) >= 11 is 0. The molecule has 2 aromatic carbocycles. The van der Waals surface area contributed by atoms with Gasteiger partial charge in [0.15, 0.2) is 0 Å². The SMILES string of the molecule is O=C(NC1C2CCC(C2)C1C(=O)N1CCC[C@@H]1C(=O)O)OCC1c2ccccc2-c2ccccc21. The number of aliphatic carboxylic acids is 1. The van der Waals surface area contributed by atoms with E-state index in [-0.39, 0.29) is 42.2 Å². The smallest absolute Gasteiger partial charge is 0.407 e. The van der Waals surface area contributed by atoms with Crippen molar-refractivity contribution >= 4 is 18.0 Å². The highest BCUT2D eigenvalue weighted by molar-refractivity contribution is 5.87. The molecule has 6 rings (SSSR count). The van der Waals surface area contributed by atoms with Crippen molar-refractivity contribution in [3.63, 3.8) is 0 Å². The molecule has 1 aliphatic heterocycles. The number of carbonyl (C=O) groups excluding carboxylic acids is 2. The lowest BCUT2D eigenvalue weighted by molar-refractivity contribution is -0.151. The predicted octanol–water partition coefficient (Wildman–Crippen LogP) is 4.02. The Morgan fingerprint density at radius 2 is 1.60 bits per heavy atom. The van der Waals surface area contributed by atoms with Gasteiger partial charge in [-0.15, -0.1) is 0 Å². The van der Waals surface area contributed by atoms with Gasteiger partial charge < -0.3 is 20.1 Å². The van der Waals surface area contributed by atoms with Crippen molar-refractivity contribution < 1.29 is 24.2 Å². The normalized spacial score (nSPS) is 28.6. The molecule has 1 heterocycles. The van der Waals surface area contributed by atoms with Crippen LogP contribution in [0.2, 0.25) is 0 Å². The summed E-state index contributed by atoms with van der Waals surface area (Å²) in [7, 11) is 0. The lowest BCUT2D eigenvalue weighted by atomic mass is 9.83. The molecule has 7 nitrogen and oxygen atoms in total. The minimum absolute atomic E-state index is 0.0217. The Labute approximate surface area is 204 Å². The summed E-state index contributed by atoms with van der Waals surface area (Å²) in [6, 6.07) is 15.4. The second-order valence-corrected chi connectivity index (χ2v) is 10.4. The molecule has 0 aromatic heterocycles. The van der Waals surface area contributed by atoms with Crippen LogP contribution in [0, 0.1) is 17.8 Å². The molecular formula is C28H30N2O5. The first-order valence-corrected chi connectivity index (χ1v) is 12.7. The summed E-state index contributed by atoms with van der Waals surface area (Å²) in [6.07, 6.45) is 3.52. The molecule has 0 spiro atoms. The average molecular weight is 475 g/mol. The Morgan fingerprint density at radius 3 is 2.29 bits per heavy atom. The number of amides is 2. The first kappa shape index (κ1) is 22.1. The average Bonchev–Trinajstić information content (AvgIpc) is 3.65. The molecule has 2 aromatic rings. The molecule has 3 fully saturated rings. The van der Waals surface area contributed by atoms with Crippen LogP contribution in [-0.2, 0) is 14.3 Å². The van der Waals surface area contributed by atoms with Crippen LogP contribution in [0.3, 0.4) is 0 Å². The van der Waals surface area contributed by atoms with E-state index < -0.39 is 18.1 Å². The standard InChI is InChI=1S/C28H30N2O5/c31-26(30-13-5-10-23(30)27(32)33)24-16-11-12-17(14-16)25(24)29-28(34)35-15-22-20-8-3-1-6-18(20)19-7-2-4-9-21(19)22/h1-4,6-9,16-17,22-25H,5,10-15H2,(H,29,34)(H,32,33)/t16?,17?,23-,24?,25?/m1/s1. The largest absolute Gasteiger partial charge is 0.480 e. The van der Waals surface area contributed by atoms with Crippen molar-refractivity contribution in [3.05, 3.63) is 59.7 Å². The Hall–Kier alpha value is -3.35. The zero-order valence-electron chi connectivity index (χ0n) is 19.6. The number of alkyl carbamates (subject to hydrolysis) is 1. The summed E-state index contributed by atoms with van der Waals surface area (Å²) < 4.78 is 5.75. The van der Waals surface area contributed by atoms with E-state index in [1.54, 1.807) is 0 Å². The van der Waals surface area contributed by atoms with E-state index >= 15 is 0 Å². The van der Waals surface area contributed by atoms with Crippen LogP contribution in [0.25, 0.3) is 11.1 Å². The zero-order chi connectivity index (χ0) is 24.1. The van der Waals surface area contributed by atoms with Crippen molar-refractivity contribution in [3.8, 4) is 11.1 Å². The van der Waals surface area contributed by atoms with Crippen molar-refractivity contribution in [2.45, 2.75) is 50.1 Å². The lowest BCUT2D eigenvalue weighted by Crippen LogP contribution is -2.53. The molecule has 1 saturated heterocycles. The molecule has 2 saturated carbocycles. The number of fused-ring (bicyclic) bond motifs is 5. The summed E-state index contributed by atoms with van der Waals surface area (Å²) in [5.74, 6) is -1.02. The third-order valence-electron chi connectivity index (χ3n) is 8.65. The van der Waals surface area contributed by atoms with Crippen LogP contribution in [-0.4, -0.2) is 53.2 Å². The highest BCUT2D eigenvalue weighted by Gasteiger charge is 2.54. The highest BCUT2D eigenvalue weighted by atomic mass is 16.5. The van der Waals surface area contributed by atoms with Gasteiger partial charge in [0.25, 0.3) is 0 Å². The molecule has 2 bridgehead atoms. The van der Waals surface area contributed by atoms with Gasteiger partial charge in [-0.05, 0) is 66.2 Å². The molecule has 2 amide bonds. The number of ether oxygens (including phenoxy) is 1. The van der Waals surface area contributed by atoms with E-state index in [2.05, 4.69) is 29.6 Å². The van der Waals surface area contributed by atoms with Gasteiger partial charge in [-0.2, -0.15) is 0 Å². The van der Waals surface area contributed by atoms with Gasteiger partial charge in [0.2, 0.25) is 5.91 Å². The summed E-state index contributed by atoms with van der Waals surface area (Å²) in [4.78, 5) is 39.6. The number of nitrogens with one attached hydrogen (secondary N) is 1. The quantitative estimate of drug-likeness (QED) is 0.683. The fourth-order valence-electron chi connectivity index (χ4n) is 7.11. The maximum atomic E-state index is 13.5. The third kappa shape index (κ3) is 3.68. The van der Waals surface area contributed by atoms with Crippen molar-refractivity contribution in [1.82, 2.24) is 10.2 Å². The van der Waals surface area contributed by atoms with Gasteiger partial charge in [-0.3, -0.25) is 4.79 Å². The minimum Gasteiger partial charge on any atom is -0.480 e. The number of rotatable bonds is 5. The Morgan fingerprint density at radius 1 is 0.943 bits per heavy atom. The van der Waals surface area contributed by atoms with Crippen LogP contribution < -0.4 is 5.32 Å². The van der Waals surface area contributed by atoms with Crippen LogP contribution in [0.4, 0.5) is 4.79 Å². The number of carboxylic acid groups (broad SMARTS) is 1. The fourth-order valence-corrected chi connectivity index (χ4v) is 7.11. The van der Waals surface area contributed by atoms with E-state index in [0.29, 0.717) is 19.4 Å². The monoisotopic (exact) mass is 474 g/mol. The van der Waals surface area contributed by atoms with Gasteiger partial charge in [0, 0.05) is 18.5 Å². The molecule has 4 aliphatic rings. The lowest BCUT2D eigenvalue weighted by Gasteiger charge is -2.34. The second kappa shape index (κ2) is 8.70. The first-order chi connectivity index (χ1) is 17.0. The third-order valence-corrected chi connectivity index (χ3v) is 8.65. The molecule has 4 unspecified atom stereocenters. The molecule has 2 N–H and O–H groups in total. The van der Waals surface area contributed by atoms with Crippen molar-refractivity contribution in [2.24, 2.45) is 17.8 Å². The molecule has 3 aliphatic carbocycles. The number of hydrogen-bond donors (Lipinski definition) is 2. The second-order valence-electron chi connectivity index (χ2n) is 10.4. The summed E-state index contributed by atoms with van der Waals surface area (Å²) in [5.41, 5.74) is 4.66. The van der Waals surface area contributed by atoms with Crippen molar-refractivity contribution in [1.29, 1.82) is 0 Å². The summed E-state index contributed by atoms with van der Waals surface area (Å²) in [5, 5.41) is 12.6. The van der Waals surface area contributed by atoms with Crippen molar-refractivity contribution in [2.75, 3.05) is 13.2 Å². The van der Waals surface area contributed by atoms with E-state index in [9.17, 15) is 19.5 Å². The highest BCUT2D eigenvalue weighted by Crippen LogP contribution is 2.50.